The van der Waals surface area contributed by atoms with Gasteiger partial charge in [-0.2, -0.15) is 0 Å². The van der Waals surface area contributed by atoms with E-state index in [1.165, 1.54) is 4.90 Å². The third kappa shape index (κ3) is 5.02. The molecule has 1 saturated heterocycles. The van der Waals surface area contributed by atoms with Crippen molar-refractivity contribution in [3.63, 3.8) is 0 Å². The lowest BCUT2D eigenvalue weighted by atomic mass is 9.95. The lowest BCUT2D eigenvalue weighted by Gasteiger charge is -2.25. The maximum Gasteiger partial charge on any atom is 0.295 e. The van der Waals surface area contributed by atoms with E-state index in [-0.39, 0.29) is 11.3 Å². The standard InChI is InChI=1S/C26H31NO5/c1-17(2)16-32-21-12-11-20(15-18(21)3)24(28)22-23(19-9-6-5-7-10-19)27(13-8-14-31-4)26(30)25(22)29/h5-7,9-12,15,17,23,28H,8,13-14,16H2,1-4H3/b24-22+/t23-/m1/s1. The van der Waals surface area contributed by atoms with Gasteiger partial charge < -0.3 is 19.5 Å². The van der Waals surface area contributed by atoms with E-state index in [0.29, 0.717) is 37.7 Å². The SMILES string of the molecule is COCCCN1C(=O)C(=O)/C(=C(/O)c2ccc(OCC(C)C)c(C)c2)[C@H]1c1ccccc1. The molecule has 0 spiro atoms. The number of aliphatic hydroxyl groups is 1. The molecule has 0 aliphatic carbocycles. The lowest BCUT2D eigenvalue weighted by molar-refractivity contribution is -0.140. The van der Waals surface area contributed by atoms with Gasteiger partial charge in [0.15, 0.2) is 0 Å². The first-order chi connectivity index (χ1) is 15.3. The quantitative estimate of drug-likeness (QED) is 0.271. The molecule has 1 atom stereocenters. The van der Waals surface area contributed by atoms with Gasteiger partial charge in [-0.1, -0.05) is 44.2 Å². The molecule has 1 fully saturated rings. The predicted molar refractivity (Wildman–Crippen MR) is 123 cm³/mol. The topological polar surface area (TPSA) is 76.1 Å². The minimum absolute atomic E-state index is 0.105. The highest BCUT2D eigenvalue weighted by molar-refractivity contribution is 6.46. The minimum atomic E-state index is -0.674. The van der Waals surface area contributed by atoms with E-state index >= 15 is 0 Å². The molecule has 32 heavy (non-hydrogen) atoms. The summed E-state index contributed by atoms with van der Waals surface area (Å²) < 4.78 is 10.9. The Balaban J connectivity index is 2.03. The van der Waals surface area contributed by atoms with Crippen molar-refractivity contribution in [1.29, 1.82) is 0 Å². The molecule has 1 aliphatic rings. The van der Waals surface area contributed by atoms with Crippen LogP contribution in [0.15, 0.2) is 54.1 Å². The maximum absolute atomic E-state index is 13.0. The summed E-state index contributed by atoms with van der Waals surface area (Å²) in [4.78, 5) is 27.4. The zero-order valence-electron chi connectivity index (χ0n) is 19.1. The molecule has 1 N–H and O–H groups in total. The Morgan fingerprint density at radius 3 is 2.47 bits per heavy atom. The van der Waals surface area contributed by atoms with E-state index in [9.17, 15) is 14.7 Å². The van der Waals surface area contributed by atoms with Crippen LogP contribution in [0.4, 0.5) is 0 Å². The molecule has 6 heteroatoms. The van der Waals surface area contributed by atoms with Gasteiger partial charge in [-0.05, 0) is 48.6 Å². The van der Waals surface area contributed by atoms with Gasteiger partial charge >= 0.3 is 0 Å². The summed E-state index contributed by atoms with van der Waals surface area (Å²) in [6.45, 7) is 7.46. The number of aryl methyl sites for hydroxylation is 1. The fourth-order valence-corrected chi connectivity index (χ4v) is 3.84. The van der Waals surface area contributed by atoms with Gasteiger partial charge in [0.05, 0.1) is 18.2 Å². The Hall–Kier alpha value is -3.12. The van der Waals surface area contributed by atoms with E-state index in [1.807, 2.05) is 37.3 Å². The summed E-state index contributed by atoms with van der Waals surface area (Å²) in [5.74, 6) is -0.334. The van der Waals surface area contributed by atoms with Crippen molar-refractivity contribution in [2.24, 2.45) is 5.92 Å². The number of amides is 1. The average molecular weight is 438 g/mol. The third-order valence-electron chi connectivity index (χ3n) is 5.42. The van der Waals surface area contributed by atoms with Gasteiger partial charge in [0, 0.05) is 25.8 Å². The zero-order chi connectivity index (χ0) is 23.3. The van der Waals surface area contributed by atoms with Gasteiger partial charge in [-0.15, -0.1) is 0 Å². The fraction of sp³-hybridized carbons (Fsp3) is 0.385. The highest BCUT2D eigenvalue weighted by Gasteiger charge is 2.45. The second kappa shape index (κ2) is 10.5. The molecule has 0 saturated carbocycles. The van der Waals surface area contributed by atoms with Crippen molar-refractivity contribution in [2.45, 2.75) is 33.2 Å². The van der Waals surface area contributed by atoms with Crippen molar-refractivity contribution in [1.82, 2.24) is 4.90 Å². The number of rotatable bonds is 9. The van der Waals surface area contributed by atoms with Crippen molar-refractivity contribution in [3.05, 3.63) is 70.8 Å². The number of hydrogen-bond acceptors (Lipinski definition) is 5. The number of nitrogens with zero attached hydrogens (tertiary/aromatic N) is 1. The number of Topliss-reactive ketones (excluding diaryl/α,β-unsaturated/α-hetero) is 1. The van der Waals surface area contributed by atoms with Crippen LogP contribution in [0.1, 0.15) is 43.0 Å². The molecule has 2 aromatic carbocycles. The Morgan fingerprint density at radius 2 is 1.84 bits per heavy atom. The molecule has 0 aromatic heterocycles. The lowest BCUT2D eigenvalue weighted by Crippen LogP contribution is -2.31. The molecule has 2 aromatic rings. The van der Waals surface area contributed by atoms with Crippen LogP contribution in [0.25, 0.3) is 5.76 Å². The number of likely N-dealkylation sites (tertiary alicyclic amines) is 1. The molecule has 3 rings (SSSR count). The number of benzene rings is 2. The van der Waals surface area contributed by atoms with Gasteiger partial charge in [-0.3, -0.25) is 9.59 Å². The first-order valence-electron chi connectivity index (χ1n) is 10.9. The van der Waals surface area contributed by atoms with Crippen LogP contribution in [0.3, 0.4) is 0 Å². The van der Waals surface area contributed by atoms with Crippen LogP contribution in [0.2, 0.25) is 0 Å². The highest BCUT2D eigenvalue weighted by atomic mass is 16.5. The number of aliphatic hydroxyl groups excluding tert-OH is 1. The Bertz CT molecular complexity index is 997. The Labute approximate surface area is 189 Å². The van der Waals surface area contributed by atoms with Crippen LogP contribution >= 0.6 is 0 Å². The van der Waals surface area contributed by atoms with E-state index in [1.54, 1.807) is 25.3 Å². The van der Waals surface area contributed by atoms with Gasteiger partial charge in [-0.25, -0.2) is 0 Å². The summed E-state index contributed by atoms with van der Waals surface area (Å²) >= 11 is 0. The number of methoxy groups -OCH3 is 1. The highest BCUT2D eigenvalue weighted by Crippen LogP contribution is 2.39. The van der Waals surface area contributed by atoms with Crippen molar-refractivity contribution in [3.8, 4) is 5.75 Å². The van der Waals surface area contributed by atoms with Crippen molar-refractivity contribution >= 4 is 17.4 Å². The summed E-state index contributed by atoms with van der Waals surface area (Å²) in [5, 5.41) is 11.2. The third-order valence-corrected chi connectivity index (χ3v) is 5.42. The van der Waals surface area contributed by atoms with Crippen LogP contribution in [0, 0.1) is 12.8 Å². The number of carbonyl (C=O) groups excluding carboxylic acids is 2. The van der Waals surface area contributed by atoms with E-state index in [4.69, 9.17) is 9.47 Å². The number of ether oxygens (including phenoxy) is 2. The summed E-state index contributed by atoms with van der Waals surface area (Å²) in [6, 6.07) is 14.0. The summed E-state index contributed by atoms with van der Waals surface area (Å²) in [5.41, 5.74) is 2.21. The molecule has 1 aliphatic heterocycles. The average Bonchev–Trinajstić information content (AvgIpc) is 3.03. The molecule has 0 radical (unpaired) electrons. The number of ketones is 1. The van der Waals surface area contributed by atoms with E-state index in [2.05, 4.69) is 13.8 Å². The maximum atomic E-state index is 13.0. The summed E-state index contributed by atoms with van der Waals surface area (Å²) in [6.07, 6.45) is 0.591. The van der Waals surface area contributed by atoms with E-state index in [0.717, 1.165) is 16.9 Å². The summed E-state index contributed by atoms with van der Waals surface area (Å²) in [7, 11) is 1.60. The monoisotopic (exact) mass is 437 g/mol. The van der Waals surface area contributed by atoms with Crippen LogP contribution in [0.5, 0.6) is 5.75 Å². The second-order valence-electron chi connectivity index (χ2n) is 8.43. The fourth-order valence-electron chi connectivity index (χ4n) is 3.84. The smallest absolute Gasteiger partial charge is 0.295 e. The van der Waals surface area contributed by atoms with Crippen molar-refractivity contribution in [2.75, 3.05) is 26.9 Å². The molecular weight excluding hydrogens is 406 g/mol. The molecule has 170 valence electrons. The molecule has 1 amide bonds. The normalized spacial score (nSPS) is 17.9. The van der Waals surface area contributed by atoms with Crippen LogP contribution in [-0.4, -0.2) is 48.6 Å². The largest absolute Gasteiger partial charge is 0.507 e. The van der Waals surface area contributed by atoms with Crippen molar-refractivity contribution < 1.29 is 24.2 Å². The van der Waals surface area contributed by atoms with Crippen LogP contribution in [-0.2, 0) is 14.3 Å². The van der Waals surface area contributed by atoms with Crippen LogP contribution < -0.4 is 4.74 Å². The zero-order valence-corrected chi connectivity index (χ0v) is 19.1. The molecule has 0 bridgehead atoms. The Morgan fingerprint density at radius 1 is 1.12 bits per heavy atom. The first-order valence-corrected chi connectivity index (χ1v) is 10.9. The molecular formula is C26H31NO5. The van der Waals surface area contributed by atoms with Gasteiger partial charge in [0.2, 0.25) is 0 Å². The Kier molecular flexibility index (Phi) is 7.70. The van der Waals surface area contributed by atoms with E-state index < -0.39 is 17.7 Å². The van der Waals surface area contributed by atoms with Gasteiger partial charge in [0.1, 0.15) is 11.5 Å². The number of hydrogen-bond donors (Lipinski definition) is 1. The first kappa shape index (κ1) is 23.5. The molecule has 6 nitrogen and oxygen atoms in total. The second-order valence-corrected chi connectivity index (χ2v) is 8.43. The molecule has 1 heterocycles. The van der Waals surface area contributed by atoms with Gasteiger partial charge in [0.25, 0.3) is 11.7 Å². The minimum Gasteiger partial charge on any atom is -0.507 e. The predicted octanol–water partition coefficient (Wildman–Crippen LogP) is 4.49. The number of carbonyl (C=O) groups is 2. The molecule has 0 unspecified atom stereocenters.